The van der Waals surface area contributed by atoms with Crippen molar-refractivity contribution >= 4 is 34.2 Å². The molecular weight excluding hydrogens is 749 g/mol. The third-order valence-corrected chi connectivity index (χ3v) is 20.4. The van der Waals surface area contributed by atoms with Gasteiger partial charge in [-0.1, -0.05) is 92.5 Å². The molecular formula is C42H84N2O10Si2. The lowest BCUT2D eigenvalue weighted by Crippen LogP contribution is -2.52. The highest BCUT2D eigenvalue weighted by Gasteiger charge is 2.46. The minimum Gasteiger partial charge on any atom is -0.413 e. The second-order valence-electron chi connectivity index (χ2n) is 19.0. The fourth-order valence-corrected chi connectivity index (χ4v) is 8.42. The number of ketones is 1. The van der Waals surface area contributed by atoms with E-state index in [0.717, 1.165) is 11.1 Å². The molecule has 0 radical (unpaired) electrons. The van der Waals surface area contributed by atoms with Gasteiger partial charge in [0.2, 0.25) is 0 Å². The van der Waals surface area contributed by atoms with Crippen LogP contribution in [0.1, 0.15) is 110 Å². The summed E-state index contributed by atoms with van der Waals surface area (Å²) in [7, 11) is 1.57. The zero-order valence-corrected chi connectivity index (χ0v) is 41.4. The Morgan fingerprint density at radius 3 is 1.30 bits per heavy atom. The lowest BCUT2D eigenvalue weighted by atomic mass is 9.86. The van der Waals surface area contributed by atoms with E-state index in [1.165, 1.54) is 24.3 Å². The number of nitrogens with zero attached hydrogens (tertiary/aromatic N) is 2. The van der Waals surface area contributed by atoms with Crippen LogP contribution in [-0.4, -0.2) is 119 Å². The topological polar surface area (TPSA) is 155 Å². The van der Waals surface area contributed by atoms with Crippen molar-refractivity contribution in [3.05, 3.63) is 23.3 Å². The summed E-state index contributed by atoms with van der Waals surface area (Å²) in [5, 5.41) is 33.4. The van der Waals surface area contributed by atoms with Gasteiger partial charge in [0.05, 0.1) is 56.6 Å². The van der Waals surface area contributed by atoms with E-state index in [1.807, 2.05) is 41.5 Å². The summed E-state index contributed by atoms with van der Waals surface area (Å²) < 4.78 is 13.1. The SMILES string of the molecule is CON(C)C(=O)[C@H](C)[C@@H](O[Si](C)(C)C(C)(C)C)[C@@H](C)C(=O)C[C@H](O)C=C(C)C.CON(C)C(=O)[C@H](C)[C@@H](O[Si](C)(C)C(C)(C)C)[C@@H](C)[C@@H](O)C[C@H](O)C=C(C)C. The van der Waals surface area contributed by atoms with E-state index in [2.05, 4.69) is 67.7 Å². The molecule has 0 aliphatic heterocycles. The molecule has 0 aromatic carbocycles. The first-order valence-electron chi connectivity index (χ1n) is 20.0. The summed E-state index contributed by atoms with van der Waals surface area (Å²) in [5.74, 6) is -2.47. The molecule has 14 heteroatoms. The van der Waals surface area contributed by atoms with Crippen LogP contribution in [0.15, 0.2) is 23.3 Å². The van der Waals surface area contributed by atoms with Crippen LogP contribution in [0.3, 0.4) is 0 Å². The van der Waals surface area contributed by atoms with E-state index < -0.39 is 64.9 Å². The number of hydroxylamine groups is 4. The molecule has 12 nitrogen and oxygen atoms in total. The number of allylic oxidation sites excluding steroid dienone is 2. The van der Waals surface area contributed by atoms with Crippen LogP contribution >= 0.6 is 0 Å². The summed E-state index contributed by atoms with van der Waals surface area (Å²) in [5.41, 5.74) is 1.94. The van der Waals surface area contributed by atoms with Gasteiger partial charge < -0.3 is 24.2 Å². The fourth-order valence-electron chi connectivity index (χ4n) is 5.52. The summed E-state index contributed by atoms with van der Waals surface area (Å²) >= 11 is 0. The standard InChI is InChI=1S/C21H43NO5Si.C21H41NO5Si/c2*1-14(2)12-17(23)13-18(24)15(3)19(16(4)20(25)22(8)26-9)27-28(10,11)21(5,6)7/h12,15-19,23-24H,13H2,1-11H3;12,15-17,19,23H,13H2,1-11H3/t15-,16+,17+,18-,19-;15-,16+,17+,19-/m00/s1. The molecule has 330 valence electrons. The number of aliphatic hydroxyl groups is 3. The number of carbonyl (C=O) groups is 3. The van der Waals surface area contributed by atoms with Crippen LogP contribution in [0.2, 0.25) is 36.3 Å². The van der Waals surface area contributed by atoms with Gasteiger partial charge in [-0.25, -0.2) is 10.1 Å². The minimum absolute atomic E-state index is 0.00470. The molecule has 0 bridgehead atoms. The van der Waals surface area contributed by atoms with E-state index in [0.29, 0.717) is 0 Å². The van der Waals surface area contributed by atoms with E-state index in [4.69, 9.17) is 18.5 Å². The predicted octanol–water partition coefficient (Wildman–Crippen LogP) is 7.70. The fraction of sp³-hybridized carbons (Fsp3) is 0.833. The third kappa shape index (κ3) is 18.4. The van der Waals surface area contributed by atoms with Crippen LogP contribution in [0.25, 0.3) is 0 Å². The molecule has 56 heavy (non-hydrogen) atoms. The Morgan fingerprint density at radius 2 is 0.964 bits per heavy atom. The third-order valence-electron chi connectivity index (χ3n) is 11.5. The molecule has 0 heterocycles. The van der Waals surface area contributed by atoms with Crippen LogP contribution in [0, 0.1) is 23.7 Å². The maximum absolute atomic E-state index is 12.9. The number of Topliss-reactive ketones (excluding diaryl/α,β-unsaturated/α-hetero) is 1. The molecule has 0 rings (SSSR count). The number of hydrogen-bond acceptors (Lipinski definition) is 10. The largest absolute Gasteiger partial charge is 0.413 e. The van der Waals surface area contributed by atoms with Crippen LogP contribution in [0.5, 0.6) is 0 Å². The monoisotopic (exact) mass is 833 g/mol. The number of aliphatic hydroxyl groups excluding tert-OH is 3. The van der Waals surface area contributed by atoms with Crippen molar-refractivity contribution in [2.24, 2.45) is 23.7 Å². The van der Waals surface area contributed by atoms with Crippen LogP contribution < -0.4 is 0 Å². The molecule has 0 spiro atoms. The zero-order chi connectivity index (χ0) is 44.9. The van der Waals surface area contributed by atoms with Gasteiger partial charge in [-0.05, 0) is 64.0 Å². The lowest BCUT2D eigenvalue weighted by Gasteiger charge is -2.43. The quantitative estimate of drug-likeness (QED) is 0.0632. The first-order valence-corrected chi connectivity index (χ1v) is 25.8. The second kappa shape index (κ2) is 23.7. The minimum atomic E-state index is -2.23. The molecule has 0 aromatic heterocycles. The van der Waals surface area contributed by atoms with Gasteiger partial charge in [0.25, 0.3) is 11.8 Å². The highest BCUT2D eigenvalue weighted by Crippen LogP contribution is 2.41. The summed E-state index contributed by atoms with van der Waals surface area (Å²) in [6.07, 6.45) is 0.162. The second-order valence-corrected chi connectivity index (χ2v) is 28.6. The number of rotatable bonds is 20. The maximum atomic E-state index is 12.9. The Balaban J connectivity index is 0. The van der Waals surface area contributed by atoms with Gasteiger partial charge in [-0.2, -0.15) is 0 Å². The highest BCUT2D eigenvalue weighted by molar-refractivity contribution is 6.74. The zero-order valence-electron chi connectivity index (χ0n) is 39.4. The van der Waals surface area contributed by atoms with Crippen molar-refractivity contribution in [3.63, 3.8) is 0 Å². The van der Waals surface area contributed by atoms with Crippen LogP contribution in [-0.2, 0) is 32.9 Å². The number of hydrogen-bond donors (Lipinski definition) is 3. The molecule has 9 atom stereocenters. The Morgan fingerprint density at radius 1 is 0.625 bits per heavy atom. The summed E-state index contributed by atoms with van der Waals surface area (Å²) in [6, 6.07) is 0. The summed E-state index contributed by atoms with van der Waals surface area (Å²) in [6.45, 7) is 36.1. The van der Waals surface area contributed by atoms with Crippen molar-refractivity contribution in [3.8, 4) is 0 Å². The molecule has 0 aliphatic carbocycles. The molecule has 0 unspecified atom stereocenters. The van der Waals surface area contributed by atoms with E-state index >= 15 is 0 Å². The van der Waals surface area contributed by atoms with Crippen molar-refractivity contribution < 1.29 is 48.2 Å². The van der Waals surface area contributed by atoms with Gasteiger partial charge in [-0.3, -0.25) is 24.1 Å². The van der Waals surface area contributed by atoms with Crippen molar-refractivity contribution in [1.82, 2.24) is 10.1 Å². The van der Waals surface area contributed by atoms with E-state index in [-0.39, 0.29) is 46.4 Å². The number of amides is 2. The Bertz CT molecular complexity index is 1280. The average Bonchev–Trinajstić information content (AvgIpc) is 3.05. The van der Waals surface area contributed by atoms with Crippen LogP contribution in [0.4, 0.5) is 0 Å². The maximum Gasteiger partial charge on any atom is 0.251 e. The van der Waals surface area contributed by atoms with Crippen molar-refractivity contribution in [1.29, 1.82) is 0 Å². The van der Waals surface area contributed by atoms with Gasteiger partial charge in [0.1, 0.15) is 5.78 Å². The van der Waals surface area contributed by atoms with E-state index in [9.17, 15) is 29.7 Å². The Labute approximate surface area is 343 Å². The molecule has 0 aromatic rings. The van der Waals surface area contributed by atoms with Gasteiger partial charge in [0, 0.05) is 38.8 Å². The lowest BCUT2D eigenvalue weighted by molar-refractivity contribution is -0.178. The molecule has 0 fully saturated rings. The van der Waals surface area contributed by atoms with Gasteiger partial charge in [0.15, 0.2) is 16.6 Å². The Hall–Kier alpha value is -1.76. The molecule has 0 saturated heterocycles. The predicted molar refractivity (Wildman–Crippen MR) is 231 cm³/mol. The number of carbonyl (C=O) groups excluding carboxylic acids is 3. The molecule has 2 amide bonds. The van der Waals surface area contributed by atoms with Crippen molar-refractivity contribution in [2.75, 3.05) is 28.3 Å². The molecule has 0 saturated carbocycles. The van der Waals surface area contributed by atoms with Crippen molar-refractivity contribution in [2.45, 2.75) is 177 Å². The van der Waals surface area contributed by atoms with E-state index in [1.54, 1.807) is 40.1 Å². The first-order chi connectivity index (χ1) is 25.1. The van der Waals surface area contributed by atoms with Gasteiger partial charge >= 0.3 is 0 Å². The summed E-state index contributed by atoms with van der Waals surface area (Å²) in [4.78, 5) is 48.4. The molecule has 3 N–H and O–H groups in total. The normalized spacial score (nSPS) is 17.4. The first kappa shape index (κ1) is 56.3. The smallest absolute Gasteiger partial charge is 0.251 e. The average molecular weight is 833 g/mol. The molecule has 0 aliphatic rings. The van der Waals surface area contributed by atoms with Gasteiger partial charge in [-0.15, -0.1) is 0 Å². The highest BCUT2D eigenvalue weighted by atomic mass is 28.4. The Kier molecular flexibility index (Phi) is 23.9.